The number of rotatable bonds is 3. The molecule has 6 nitrogen and oxygen atoms in total. The lowest BCUT2D eigenvalue weighted by Gasteiger charge is -2.45. The number of halogens is 2. The fourth-order valence-electron chi connectivity index (χ4n) is 4.71. The Morgan fingerprint density at radius 3 is 2.35 bits per heavy atom. The number of aromatic nitrogens is 2. The average Bonchev–Trinajstić information content (AvgIpc) is 3.10. The molecular weight excluding hydrogens is 435 g/mol. The molecule has 0 bridgehead atoms. The molecule has 2 unspecified atom stereocenters. The number of benzene rings is 2. The van der Waals surface area contributed by atoms with Crippen LogP contribution in [0.5, 0.6) is 11.5 Å². The number of para-hydroxylation sites is 4. The third-order valence-electron chi connectivity index (χ3n) is 6.62. The highest BCUT2D eigenvalue weighted by Crippen LogP contribution is 2.38. The largest absolute Gasteiger partial charge is 0.486 e. The molecule has 1 saturated heterocycles. The molecule has 2 aromatic carbocycles. The van der Waals surface area contributed by atoms with Gasteiger partial charge < -0.3 is 24.7 Å². The minimum Gasteiger partial charge on any atom is -0.486 e. The number of hydrogen-bond donors (Lipinski definition) is 1. The van der Waals surface area contributed by atoms with E-state index in [0.717, 1.165) is 48.9 Å². The topological polar surface area (TPSA) is 65.5 Å². The molecule has 31 heavy (non-hydrogen) atoms. The average molecular weight is 465 g/mol. The molecule has 0 amide bonds. The van der Waals surface area contributed by atoms with Crippen molar-refractivity contribution in [1.29, 1.82) is 0 Å². The van der Waals surface area contributed by atoms with Gasteiger partial charge in [0, 0.05) is 20.1 Å². The van der Waals surface area contributed by atoms with Crippen LogP contribution in [0.3, 0.4) is 0 Å². The van der Waals surface area contributed by atoms with Gasteiger partial charge in [0.15, 0.2) is 17.6 Å². The second kappa shape index (κ2) is 9.15. The van der Waals surface area contributed by atoms with Gasteiger partial charge in [-0.1, -0.05) is 24.3 Å². The molecule has 8 heteroatoms. The van der Waals surface area contributed by atoms with E-state index >= 15 is 0 Å². The lowest BCUT2D eigenvalue weighted by Crippen LogP contribution is -2.61. The molecule has 2 N–H and O–H groups in total. The monoisotopic (exact) mass is 464 g/mol. The second-order valence-electron chi connectivity index (χ2n) is 8.45. The predicted molar refractivity (Wildman–Crippen MR) is 129 cm³/mol. The van der Waals surface area contributed by atoms with Crippen LogP contribution < -0.4 is 20.1 Å². The first-order chi connectivity index (χ1) is 14.0. The van der Waals surface area contributed by atoms with Gasteiger partial charge in [-0.15, -0.1) is 24.8 Å². The fraction of sp³-hybridized carbons (Fsp3) is 0.435. The molecule has 1 aromatic heterocycles. The maximum Gasteiger partial charge on any atom is 0.206 e. The zero-order valence-corrected chi connectivity index (χ0v) is 19.5. The number of anilines is 1. The standard InChI is InChI=1S/C23H28N4O2.2ClH/c1-23(24,21-15-28-19-9-5-6-10-20(19)29-21)16-11-13-27(14-12-16)22-25-17-7-3-4-8-18(17)26(22)2;;/h3-10,16,21H,11-15,24H2,1-2H3;2*1H. The first kappa shape index (κ1) is 23.5. The molecule has 2 aliphatic rings. The normalized spacial score (nSPS) is 20.5. The van der Waals surface area contributed by atoms with E-state index in [2.05, 4.69) is 41.6 Å². The van der Waals surface area contributed by atoms with Crippen molar-refractivity contribution >= 4 is 41.8 Å². The Bertz CT molecular complexity index is 1030. The van der Waals surface area contributed by atoms with Gasteiger partial charge in [-0.3, -0.25) is 0 Å². The lowest BCUT2D eigenvalue weighted by atomic mass is 9.76. The van der Waals surface area contributed by atoms with Crippen LogP contribution in [-0.2, 0) is 7.05 Å². The number of nitrogens with zero attached hydrogens (tertiary/aromatic N) is 3. The summed E-state index contributed by atoms with van der Waals surface area (Å²) < 4.78 is 14.4. The molecule has 1 fully saturated rings. The van der Waals surface area contributed by atoms with Gasteiger partial charge in [-0.25, -0.2) is 4.98 Å². The van der Waals surface area contributed by atoms with E-state index in [4.69, 9.17) is 20.2 Å². The molecule has 2 aliphatic heterocycles. The second-order valence-corrected chi connectivity index (χ2v) is 8.45. The summed E-state index contributed by atoms with van der Waals surface area (Å²) in [7, 11) is 2.09. The van der Waals surface area contributed by atoms with Crippen LogP contribution in [0.4, 0.5) is 5.95 Å². The van der Waals surface area contributed by atoms with E-state index in [1.807, 2.05) is 30.3 Å². The maximum absolute atomic E-state index is 6.85. The third kappa shape index (κ3) is 4.16. The summed E-state index contributed by atoms with van der Waals surface area (Å²) in [6.07, 6.45) is 1.87. The lowest BCUT2D eigenvalue weighted by molar-refractivity contribution is 0.00930. The minimum absolute atomic E-state index is 0. The molecule has 0 spiro atoms. The van der Waals surface area contributed by atoms with E-state index in [1.165, 1.54) is 5.52 Å². The quantitative estimate of drug-likeness (QED) is 0.629. The smallest absolute Gasteiger partial charge is 0.206 e. The summed E-state index contributed by atoms with van der Waals surface area (Å²) in [5.74, 6) is 3.00. The van der Waals surface area contributed by atoms with E-state index in [1.54, 1.807) is 0 Å². The molecular formula is C23H30Cl2N4O2. The third-order valence-corrected chi connectivity index (χ3v) is 6.62. The highest BCUT2D eigenvalue weighted by Gasteiger charge is 2.43. The predicted octanol–water partition coefficient (Wildman–Crippen LogP) is 4.19. The van der Waals surface area contributed by atoms with Gasteiger partial charge in [0.1, 0.15) is 6.61 Å². The van der Waals surface area contributed by atoms with Gasteiger partial charge in [0.2, 0.25) is 5.95 Å². The summed E-state index contributed by atoms with van der Waals surface area (Å²) >= 11 is 0. The SMILES string of the molecule is Cl.Cl.Cn1c(N2CCC(C(C)(N)C3COc4ccccc4O3)CC2)nc2ccccc21. The molecule has 3 aromatic rings. The Morgan fingerprint density at radius 1 is 1.00 bits per heavy atom. The molecule has 168 valence electrons. The van der Waals surface area contributed by atoms with E-state index in [0.29, 0.717) is 12.5 Å². The van der Waals surface area contributed by atoms with Crippen molar-refractivity contribution in [3.05, 3.63) is 48.5 Å². The molecule has 3 heterocycles. The van der Waals surface area contributed by atoms with Crippen LogP contribution >= 0.6 is 24.8 Å². The number of piperidine rings is 1. The molecule has 2 atom stereocenters. The van der Waals surface area contributed by atoms with Crippen LogP contribution in [0.2, 0.25) is 0 Å². The highest BCUT2D eigenvalue weighted by atomic mass is 35.5. The Morgan fingerprint density at radius 2 is 1.65 bits per heavy atom. The molecule has 0 radical (unpaired) electrons. The van der Waals surface area contributed by atoms with Gasteiger partial charge >= 0.3 is 0 Å². The van der Waals surface area contributed by atoms with Crippen LogP contribution in [0, 0.1) is 5.92 Å². The number of imidazole rings is 1. The minimum atomic E-state index is -0.452. The van der Waals surface area contributed by atoms with E-state index in [9.17, 15) is 0 Å². The van der Waals surface area contributed by atoms with Crippen molar-refractivity contribution in [3.8, 4) is 11.5 Å². The Labute approximate surface area is 195 Å². The number of fused-ring (bicyclic) bond motifs is 2. The van der Waals surface area contributed by atoms with Crippen molar-refractivity contribution in [2.75, 3.05) is 24.6 Å². The Kier molecular flexibility index (Phi) is 6.94. The first-order valence-electron chi connectivity index (χ1n) is 10.4. The van der Waals surface area contributed by atoms with Crippen molar-refractivity contribution in [2.24, 2.45) is 18.7 Å². The number of aryl methyl sites for hydroxylation is 1. The number of nitrogens with two attached hydrogens (primary N) is 1. The van der Waals surface area contributed by atoms with Crippen LogP contribution in [0.1, 0.15) is 19.8 Å². The van der Waals surface area contributed by atoms with E-state index in [-0.39, 0.29) is 30.9 Å². The molecule has 0 saturated carbocycles. The summed E-state index contributed by atoms with van der Waals surface area (Å²) in [4.78, 5) is 7.23. The van der Waals surface area contributed by atoms with Gasteiger partial charge in [0.25, 0.3) is 0 Å². The zero-order valence-electron chi connectivity index (χ0n) is 17.9. The van der Waals surface area contributed by atoms with Crippen LogP contribution in [-0.4, -0.2) is 40.9 Å². The number of ether oxygens (including phenoxy) is 2. The van der Waals surface area contributed by atoms with Gasteiger partial charge in [-0.05, 0) is 49.9 Å². The fourth-order valence-corrected chi connectivity index (χ4v) is 4.71. The summed E-state index contributed by atoms with van der Waals surface area (Å²) in [6.45, 7) is 4.50. The van der Waals surface area contributed by atoms with Crippen molar-refractivity contribution in [3.63, 3.8) is 0 Å². The van der Waals surface area contributed by atoms with Gasteiger partial charge in [0.05, 0.1) is 16.6 Å². The molecule has 0 aliphatic carbocycles. The highest BCUT2D eigenvalue weighted by molar-refractivity contribution is 5.85. The summed E-state index contributed by atoms with van der Waals surface area (Å²) in [6, 6.07) is 16.1. The Balaban J connectivity index is 0.00000136. The van der Waals surface area contributed by atoms with E-state index < -0.39 is 5.54 Å². The summed E-state index contributed by atoms with van der Waals surface area (Å²) in [5.41, 5.74) is 8.61. The maximum atomic E-state index is 6.85. The number of hydrogen-bond acceptors (Lipinski definition) is 5. The van der Waals surface area contributed by atoms with Crippen molar-refractivity contribution < 1.29 is 9.47 Å². The Hall–Kier alpha value is -2.15. The zero-order chi connectivity index (χ0) is 20.0. The van der Waals surface area contributed by atoms with Crippen molar-refractivity contribution in [2.45, 2.75) is 31.4 Å². The van der Waals surface area contributed by atoms with Crippen LogP contribution in [0.25, 0.3) is 11.0 Å². The summed E-state index contributed by atoms with van der Waals surface area (Å²) in [5, 5.41) is 0. The van der Waals surface area contributed by atoms with Crippen LogP contribution in [0.15, 0.2) is 48.5 Å². The molecule has 5 rings (SSSR count). The van der Waals surface area contributed by atoms with Crippen molar-refractivity contribution in [1.82, 2.24) is 9.55 Å². The van der Waals surface area contributed by atoms with Gasteiger partial charge in [-0.2, -0.15) is 0 Å². The first-order valence-corrected chi connectivity index (χ1v) is 10.4.